The van der Waals surface area contributed by atoms with E-state index < -0.39 is 0 Å². The Balaban J connectivity index is 2.04. The first-order valence-electron chi connectivity index (χ1n) is 7.78. The molecule has 2 rings (SSSR count). The van der Waals surface area contributed by atoms with Gasteiger partial charge in [-0.2, -0.15) is 0 Å². The molecule has 1 aromatic rings. The minimum Gasteiger partial charge on any atom is -0.313 e. The molecule has 1 N–H and O–H groups in total. The van der Waals surface area contributed by atoms with Crippen LogP contribution in [0.25, 0.3) is 0 Å². The molecule has 0 saturated heterocycles. The van der Waals surface area contributed by atoms with E-state index in [9.17, 15) is 0 Å². The summed E-state index contributed by atoms with van der Waals surface area (Å²) in [5.74, 6) is 1.72. The van der Waals surface area contributed by atoms with Gasteiger partial charge in [-0.3, -0.25) is 0 Å². The van der Waals surface area contributed by atoms with Crippen LogP contribution in [0.4, 0.5) is 0 Å². The summed E-state index contributed by atoms with van der Waals surface area (Å²) in [6, 6.07) is 0.627. The summed E-state index contributed by atoms with van der Waals surface area (Å²) in [6.45, 7) is 10.1. The van der Waals surface area contributed by atoms with Gasteiger partial charge in [-0.25, -0.2) is 4.98 Å². The Hall–Kier alpha value is -0.410. The standard InChI is InChI=1S/C16H28N2S/c1-5-9-17-15(14-8-6-7-11(14)2)10-16-18-12(3)13(4)19-16/h11,14-15,17H,5-10H2,1-4H3. The molecular formula is C16H28N2S. The van der Waals surface area contributed by atoms with Crippen LogP contribution in [0.5, 0.6) is 0 Å². The smallest absolute Gasteiger partial charge is 0.0946 e. The molecule has 108 valence electrons. The van der Waals surface area contributed by atoms with Crippen molar-refractivity contribution in [3.63, 3.8) is 0 Å². The molecule has 1 heterocycles. The number of nitrogens with zero attached hydrogens (tertiary/aromatic N) is 1. The van der Waals surface area contributed by atoms with Gasteiger partial charge in [0.1, 0.15) is 0 Å². The average Bonchev–Trinajstić information content (AvgIpc) is 2.92. The van der Waals surface area contributed by atoms with Gasteiger partial charge in [0, 0.05) is 17.3 Å². The topological polar surface area (TPSA) is 24.9 Å². The number of thiazole rings is 1. The summed E-state index contributed by atoms with van der Waals surface area (Å²) >= 11 is 1.89. The van der Waals surface area contributed by atoms with E-state index in [2.05, 4.69) is 33.0 Å². The maximum absolute atomic E-state index is 4.73. The fourth-order valence-corrected chi connectivity index (χ4v) is 4.28. The first kappa shape index (κ1) is 15.0. The van der Waals surface area contributed by atoms with Gasteiger partial charge >= 0.3 is 0 Å². The van der Waals surface area contributed by atoms with Gasteiger partial charge in [0.25, 0.3) is 0 Å². The fraction of sp³-hybridized carbons (Fsp3) is 0.812. The second kappa shape index (κ2) is 6.85. The Morgan fingerprint density at radius 1 is 1.37 bits per heavy atom. The highest BCUT2D eigenvalue weighted by Gasteiger charge is 2.31. The molecule has 0 aromatic carbocycles. The molecular weight excluding hydrogens is 252 g/mol. The van der Waals surface area contributed by atoms with E-state index in [-0.39, 0.29) is 0 Å². The summed E-state index contributed by atoms with van der Waals surface area (Å²) in [5.41, 5.74) is 1.22. The third-order valence-electron chi connectivity index (χ3n) is 4.57. The van der Waals surface area contributed by atoms with Crippen LogP contribution in [-0.2, 0) is 6.42 Å². The lowest BCUT2D eigenvalue weighted by molar-refractivity contribution is 0.295. The van der Waals surface area contributed by atoms with Crippen LogP contribution in [0, 0.1) is 25.7 Å². The van der Waals surface area contributed by atoms with E-state index in [0.717, 1.165) is 24.8 Å². The van der Waals surface area contributed by atoms with Gasteiger partial charge in [-0.1, -0.05) is 26.7 Å². The number of hydrogen-bond donors (Lipinski definition) is 1. The number of aryl methyl sites for hydroxylation is 2. The quantitative estimate of drug-likeness (QED) is 0.848. The maximum Gasteiger partial charge on any atom is 0.0946 e. The largest absolute Gasteiger partial charge is 0.313 e. The molecule has 0 amide bonds. The Bertz CT molecular complexity index is 380. The van der Waals surface area contributed by atoms with Crippen LogP contribution in [0.2, 0.25) is 0 Å². The van der Waals surface area contributed by atoms with E-state index in [4.69, 9.17) is 4.98 Å². The minimum atomic E-state index is 0.627. The van der Waals surface area contributed by atoms with Gasteiger partial charge in [-0.05, 0) is 45.1 Å². The summed E-state index contributed by atoms with van der Waals surface area (Å²) in [7, 11) is 0. The summed E-state index contributed by atoms with van der Waals surface area (Å²) in [5, 5.41) is 5.11. The van der Waals surface area contributed by atoms with Crippen molar-refractivity contribution in [1.29, 1.82) is 0 Å². The van der Waals surface area contributed by atoms with Crippen molar-refractivity contribution in [1.82, 2.24) is 10.3 Å². The second-order valence-electron chi connectivity index (χ2n) is 6.09. The van der Waals surface area contributed by atoms with Crippen molar-refractivity contribution in [2.45, 2.75) is 65.8 Å². The third kappa shape index (κ3) is 3.79. The number of nitrogens with one attached hydrogen (secondary N) is 1. The molecule has 3 unspecified atom stereocenters. The molecule has 0 radical (unpaired) electrons. The van der Waals surface area contributed by atoms with Gasteiger partial charge in [0.15, 0.2) is 0 Å². The fourth-order valence-electron chi connectivity index (χ4n) is 3.29. The zero-order valence-electron chi connectivity index (χ0n) is 12.8. The molecule has 3 atom stereocenters. The van der Waals surface area contributed by atoms with Crippen molar-refractivity contribution in [2.24, 2.45) is 11.8 Å². The van der Waals surface area contributed by atoms with Crippen LogP contribution in [0.3, 0.4) is 0 Å². The van der Waals surface area contributed by atoms with E-state index in [1.54, 1.807) is 0 Å². The molecule has 1 saturated carbocycles. The molecule has 3 heteroatoms. The Labute approximate surface area is 122 Å². The second-order valence-corrected chi connectivity index (χ2v) is 7.37. The number of hydrogen-bond acceptors (Lipinski definition) is 3. The average molecular weight is 280 g/mol. The molecule has 1 aromatic heterocycles. The zero-order valence-corrected chi connectivity index (χ0v) is 13.6. The molecule has 19 heavy (non-hydrogen) atoms. The van der Waals surface area contributed by atoms with E-state index in [1.807, 2.05) is 11.3 Å². The summed E-state index contributed by atoms with van der Waals surface area (Å²) in [4.78, 5) is 6.11. The van der Waals surface area contributed by atoms with Crippen molar-refractivity contribution >= 4 is 11.3 Å². The molecule has 2 nitrogen and oxygen atoms in total. The van der Waals surface area contributed by atoms with Gasteiger partial charge in [0.2, 0.25) is 0 Å². The predicted octanol–water partition coefficient (Wildman–Crippen LogP) is 4.11. The molecule has 1 aliphatic carbocycles. The van der Waals surface area contributed by atoms with Crippen molar-refractivity contribution in [2.75, 3.05) is 6.54 Å². The molecule has 0 aliphatic heterocycles. The van der Waals surface area contributed by atoms with Gasteiger partial charge in [0.05, 0.1) is 10.7 Å². The Morgan fingerprint density at radius 2 is 2.16 bits per heavy atom. The van der Waals surface area contributed by atoms with Gasteiger partial charge < -0.3 is 5.32 Å². The molecule has 1 aliphatic rings. The van der Waals surface area contributed by atoms with Crippen LogP contribution in [-0.4, -0.2) is 17.6 Å². The van der Waals surface area contributed by atoms with E-state index in [1.165, 1.54) is 41.3 Å². The normalized spacial score (nSPS) is 24.8. The lowest BCUT2D eigenvalue weighted by Gasteiger charge is -2.27. The zero-order chi connectivity index (χ0) is 13.8. The van der Waals surface area contributed by atoms with Crippen LogP contribution >= 0.6 is 11.3 Å². The monoisotopic (exact) mass is 280 g/mol. The molecule has 1 fully saturated rings. The third-order valence-corrected chi connectivity index (χ3v) is 5.66. The van der Waals surface area contributed by atoms with Crippen molar-refractivity contribution in [3.05, 3.63) is 15.6 Å². The molecule has 0 bridgehead atoms. The van der Waals surface area contributed by atoms with Crippen molar-refractivity contribution < 1.29 is 0 Å². The number of aromatic nitrogens is 1. The van der Waals surface area contributed by atoms with Crippen molar-refractivity contribution in [3.8, 4) is 0 Å². The first-order valence-corrected chi connectivity index (χ1v) is 8.59. The highest BCUT2D eigenvalue weighted by Crippen LogP contribution is 2.35. The SMILES string of the molecule is CCCNC(Cc1nc(C)c(C)s1)C1CCCC1C. The lowest BCUT2D eigenvalue weighted by Crippen LogP contribution is -2.39. The van der Waals surface area contributed by atoms with E-state index in [0.29, 0.717) is 6.04 Å². The predicted molar refractivity (Wildman–Crippen MR) is 83.9 cm³/mol. The lowest BCUT2D eigenvalue weighted by atomic mass is 9.88. The van der Waals surface area contributed by atoms with Crippen LogP contribution in [0.15, 0.2) is 0 Å². The van der Waals surface area contributed by atoms with Crippen LogP contribution < -0.4 is 5.32 Å². The number of rotatable bonds is 6. The summed E-state index contributed by atoms with van der Waals surface area (Å²) in [6.07, 6.45) is 6.55. The maximum atomic E-state index is 4.73. The highest BCUT2D eigenvalue weighted by atomic mass is 32.1. The Morgan fingerprint density at radius 3 is 2.68 bits per heavy atom. The van der Waals surface area contributed by atoms with Gasteiger partial charge in [-0.15, -0.1) is 11.3 Å². The Kier molecular flexibility index (Phi) is 5.40. The van der Waals surface area contributed by atoms with Crippen LogP contribution in [0.1, 0.15) is 55.1 Å². The minimum absolute atomic E-state index is 0.627. The first-order chi connectivity index (χ1) is 9.11. The summed E-state index contributed by atoms with van der Waals surface area (Å²) < 4.78 is 0. The van der Waals surface area contributed by atoms with E-state index >= 15 is 0 Å². The highest BCUT2D eigenvalue weighted by molar-refractivity contribution is 7.11. The molecule has 0 spiro atoms.